The van der Waals surface area contributed by atoms with Crippen molar-refractivity contribution in [3.05, 3.63) is 52.6 Å². The molecule has 0 bridgehead atoms. The standard InChI is InChI=1S/C20H25NO5S/c1-12-9-14(20(3,4)5)10-13(2)18(12)27(23,24)26-17-11-15(25-6)7-8-16(17)19(21)22/h7-11H,1-6H3,(H2,21,22). The summed E-state index contributed by atoms with van der Waals surface area (Å²) in [4.78, 5) is 11.7. The maximum Gasteiger partial charge on any atom is 0.339 e. The summed E-state index contributed by atoms with van der Waals surface area (Å²) in [6.07, 6.45) is 0. The van der Waals surface area contributed by atoms with Gasteiger partial charge in [0.25, 0.3) is 5.91 Å². The van der Waals surface area contributed by atoms with Crippen LogP contribution in [-0.2, 0) is 15.5 Å². The third kappa shape index (κ3) is 4.42. The van der Waals surface area contributed by atoms with Gasteiger partial charge in [-0.15, -0.1) is 0 Å². The summed E-state index contributed by atoms with van der Waals surface area (Å²) in [7, 11) is -2.75. The van der Waals surface area contributed by atoms with Gasteiger partial charge < -0.3 is 14.7 Å². The van der Waals surface area contributed by atoms with Crippen molar-refractivity contribution in [2.24, 2.45) is 5.73 Å². The molecule has 0 aromatic heterocycles. The first-order chi connectivity index (χ1) is 12.4. The van der Waals surface area contributed by atoms with Crippen LogP contribution < -0.4 is 14.7 Å². The molecule has 0 spiro atoms. The summed E-state index contributed by atoms with van der Waals surface area (Å²) in [5, 5.41) is 0. The summed E-state index contributed by atoms with van der Waals surface area (Å²) in [6.45, 7) is 9.61. The molecule has 0 aliphatic heterocycles. The van der Waals surface area contributed by atoms with Crippen molar-refractivity contribution in [1.82, 2.24) is 0 Å². The Hall–Kier alpha value is -2.54. The molecule has 1 amide bonds. The zero-order chi connectivity index (χ0) is 20.6. The van der Waals surface area contributed by atoms with Crippen molar-refractivity contribution in [3.8, 4) is 11.5 Å². The van der Waals surface area contributed by atoms with E-state index in [9.17, 15) is 13.2 Å². The van der Waals surface area contributed by atoms with Crippen LogP contribution in [0.25, 0.3) is 0 Å². The first-order valence-electron chi connectivity index (χ1n) is 8.41. The highest BCUT2D eigenvalue weighted by Crippen LogP contribution is 2.32. The van der Waals surface area contributed by atoms with Crippen LogP contribution >= 0.6 is 0 Å². The molecule has 0 aliphatic rings. The lowest BCUT2D eigenvalue weighted by Crippen LogP contribution is -2.19. The quantitative estimate of drug-likeness (QED) is 0.787. The molecular formula is C20H25NO5S. The van der Waals surface area contributed by atoms with E-state index < -0.39 is 16.0 Å². The number of amides is 1. The number of hydrogen-bond donors (Lipinski definition) is 1. The van der Waals surface area contributed by atoms with Gasteiger partial charge >= 0.3 is 10.1 Å². The van der Waals surface area contributed by atoms with Gasteiger partial charge in [-0.2, -0.15) is 8.42 Å². The van der Waals surface area contributed by atoms with Crippen molar-refractivity contribution >= 4 is 16.0 Å². The van der Waals surface area contributed by atoms with E-state index >= 15 is 0 Å². The van der Waals surface area contributed by atoms with E-state index in [1.807, 2.05) is 12.1 Å². The molecular weight excluding hydrogens is 366 g/mol. The van der Waals surface area contributed by atoms with Crippen molar-refractivity contribution in [2.45, 2.75) is 44.9 Å². The molecule has 0 radical (unpaired) electrons. The Morgan fingerprint density at radius 1 is 1.04 bits per heavy atom. The second kappa shape index (κ2) is 7.23. The van der Waals surface area contributed by atoms with Gasteiger partial charge in [-0.3, -0.25) is 4.79 Å². The predicted octanol–water partition coefficient (Wildman–Crippen LogP) is 3.48. The van der Waals surface area contributed by atoms with Crippen LogP contribution in [0.5, 0.6) is 11.5 Å². The van der Waals surface area contributed by atoms with Crippen LogP contribution in [-0.4, -0.2) is 21.4 Å². The number of aryl methyl sites for hydroxylation is 2. The summed E-state index contributed by atoms with van der Waals surface area (Å²) in [5.74, 6) is -0.610. The van der Waals surface area contributed by atoms with Crippen LogP contribution in [0, 0.1) is 13.8 Å². The van der Waals surface area contributed by atoms with Crippen LogP contribution in [0.4, 0.5) is 0 Å². The van der Waals surface area contributed by atoms with Crippen LogP contribution in [0.1, 0.15) is 47.8 Å². The Labute approximate surface area is 160 Å². The monoisotopic (exact) mass is 391 g/mol. The van der Waals surface area contributed by atoms with Gasteiger partial charge in [0.15, 0.2) is 5.75 Å². The number of nitrogens with two attached hydrogens (primary N) is 1. The number of carbonyl (C=O) groups excluding carboxylic acids is 1. The largest absolute Gasteiger partial charge is 0.497 e. The molecule has 0 aliphatic carbocycles. The van der Waals surface area contributed by atoms with E-state index in [2.05, 4.69) is 20.8 Å². The Kier molecular flexibility index (Phi) is 5.56. The summed E-state index contributed by atoms with van der Waals surface area (Å²) in [6, 6.07) is 7.88. The molecule has 27 heavy (non-hydrogen) atoms. The lowest BCUT2D eigenvalue weighted by atomic mass is 9.85. The normalized spacial score (nSPS) is 11.9. The molecule has 2 N–H and O–H groups in total. The molecule has 2 aromatic carbocycles. The zero-order valence-electron chi connectivity index (χ0n) is 16.4. The fourth-order valence-corrected chi connectivity index (χ4v) is 4.20. The number of benzene rings is 2. The molecule has 0 unspecified atom stereocenters. The third-order valence-electron chi connectivity index (χ3n) is 4.23. The van der Waals surface area contributed by atoms with Gasteiger partial charge in [0, 0.05) is 6.07 Å². The Morgan fingerprint density at radius 2 is 1.59 bits per heavy atom. The average molecular weight is 391 g/mol. The van der Waals surface area contributed by atoms with Gasteiger partial charge in [0.05, 0.1) is 12.7 Å². The number of methoxy groups -OCH3 is 1. The Morgan fingerprint density at radius 3 is 2.04 bits per heavy atom. The average Bonchev–Trinajstić information content (AvgIpc) is 2.52. The highest BCUT2D eigenvalue weighted by molar-refractivity contribution is 7.87. The van der Waals surface area contributed by atoms with E-state index in [1.54, 1.807) is 13.8 Å². The van der Waals surface area contributed by atoms with Crippen LogP contribution in [0.3, 0.4) is 0 Å². The predicted molar refractivity (Wildman–Crippen MR) is 104 cm³/mol. The van der Waals surface area contributed by atoms with Gasteiger partial charge in [0.1, 0.15) is 10.6 Å². The van der Waals surface area contributed by atoms with E-state index in [0.29, 0.717) is 16.9 Å². The molecule has 0 saturated heterocycles. The highest BCUT2D eigenvalue weighted by Gasteiger charge is 2.26. The number of rotatable bonds is 5. The van der Waals surface area contributed by atoms with Crippen molar-refractivity contribution in [1.29, 1.82) is 0 Å². The smallest absolute Gasteiger partial charge is 0.339 e. The number of hydrogen-bond acceptors (Lipinski definition) is 5. The fourth-order valence-electron chi connectivity index (χ4n) is 2.84. The van der Waals surface area contributed by atoms with E-state index in [-0.39, 0.29) is 21.6 Å². The lowest BCUT2D eigenvalue weighted by Gasteiger charge is -2.22. The molecule has 0 saturated carbocycles. The van der Waals surface area contributed by atoms with Crippen LogP contribution in [0.2, 0.25) is 0 Å². The molecule has 7 heteroatoms. The van der Waals surface area contributed by atoms with E-state index in [0.717, 1.165) is 5.56 Å². The fraction of sp³-hybridized carbons (Fsp3) is 0.350. The SMILES string of the molecule is COc1ccc(C(N)=O)c(OS(=O)(=O)c2c(C)cc(C(C)(C)C)cc2C)c1. The molecule has 0 heterocycles. The first kappa shape index (κ1) is 20.8. The zero-order valence-corrected chi connectivity index (χ0v) is 17.2. The minimum absolute atomic E-state index is 0.0407. The van der Waals surface area contributed by atoms with Gasteiger partial charge in [-0.25, -0.2) is 0 Å². The van der Waals surface area contributed by atoms with Crippen molar-refractivity contribution < 1.29 is 22.1 Å². The molecule has 2 rings (SSSR count). The summed E-state index contributed by atoms with van der Waals surface area (Å²) >= 11 is 0. The number of ether oxygens (including phenoxy) is 1. The van der Waals surface area contributed by atoms with Gasteiger partial charge in [-0.1, -0.05) is 32.9 Å². The molecule has 2 aromatic rings. The van der Waals surface area contributed by atoms with Crippen LogP contribution in [0.15, 0.2) is 35.2 Å². The number of carbonyl (C=O) groups is 1. The van der Waals surface area contributed by atoms with Crippen molar-refractivity contribution in [3.63, 3.8) is 0 Å². The van der Waals surface area contributed by atoms with E-state index in [1.165, 1.54) is 25.3 Å². The summed E-state index contributed by atoms with van der Waals surface area (Å²) < 4.78 is 36.3. The number of primary amides is 1. The molecule has 0 fully saturated rings. The Balaban J connectivity index is 2.57. The first-order valence-corrected chi connectivity index (χ1v) is 9.81. The summed E-state index contributed by atoms with van der Waals surface area (Å²) in [5.41, 5.74) is 7.34. The minimum atomic E-state index is -4.18. The maximum absolute atomic E-state index is 13.0. The lowest BCUT2D eigenvalue weighted by molar-refractivity contribution is 0.0999. The minimum Gasteiger partial charge on any atom is -0.497 e. The highest BCUT2D eigenvalue weighted by atomic mass is 32.2. The van der Waals surface area contributed by atoms with Crippen molar-refractivity contribution in [2.75, 3.05) is 7.11 Å². The second-order valence-corrected chi connectivity index (χ2v) is 8.94. The second-order valence-electron chi connectivity index (χ2n) is 7.45. The molecule has 146 valence electrons. The maximum atomic E-state index is 13.0. The Bertz CT molecular complexity index is 965. The topological polar surface area (TPSA) is 95.7 Å². The van der Waals surface area contributed by atoms with E-state index in [4.69, 9.17) is 14.7 Å². The molecule has 0 atom stereocenters. The van der Waals surface area contributed by atoms with Gasteiger partial charge in [-0.05, 0) is 48.1 Å². The molecule has 6 nitrogen and oxygen atoms in total. The third-order valence-corrected chi connectivity index (χ3v) is 5.77. The van der Waals surface area contributed by atoms with Gasteiger partial charge in [0.2, 0.25) is 0 Å².